The van der Waals surface area contributed by atoms with E-state index in [9.17, 15) is 4.79 Å². The number of hydrogen-bond acceptors (Lipinski definition) is 5. The van der Waals surface area contributed by atoms with E-state index in [2.05, 4.69) is 9.97 Å². The third-order valence-corrected chi connectivity index (χ3v) is 2.73. The average molecular weight is 279 g/mol. The minimum atomic E-state index is -0.306. The highest BCUT2D eigenvalue weighted by molar-refractivity contribution is 6.31. The fourth-order valence-electron chi connectivity index (χ4n) is 1.57. The predicted molar refractivity (Wildman–Crippen MR) is 70.0 cm³/mol. The second kappa shape index (κ2) is 5.67. The lowest BCUT2D eigenvalue weighted by molar-refractivity contribution is 0.103. The number of carbonyl (C=O) groups excluding carboxylic acids is 1. The Balaban J connectivity index is 2.46. The number of ketones is 1. The zero-order valence-electron chi connectivity index (χ0n) is 10.4. The highest BCUT2D eigenvalue weighted by atomic mass is 35.5. The molecule has 2 rings (SSSR count). The number of hydrogen-bond donors (Lipinski definition) is 0. The van der Waals surface area contributed by atoms with Gasteiger partial charge in [0.2, 0.25) is 11.7 Å². The van der Waals surface area contributed by atoms with Crippen LogP contribution in [-0.4, -0.2) is 30.0 Å². The monoisotopic (exact) mass is 278 g/mol. The lowest BCUT2D eigenvalue weighted by Gasteiger charge is -2.08. The van der Waals surface area contributed by atoms with Gasteiger partial charge in [0.15, 0.2) is 0 Å². The maximum absolute atomic E-state index is 12.4. The molecule has 1 aromatic heterocycles. The van der Waals surface area contributed by atoms with Gasteiger partial charge >= 0.3 is 0 Å². The molecule has 0 saturated carbocycles. The van der Waals surface area contributed by atoms with Gasteiger partial charge in [-0.15, -0.1) is 0 Å². The minimum Gasteiger partial charge on any atom is -0.496 e. The van der Waals surface area contributed by atoms with Crippen LogP contribution in [0.1, 0.15) is 16.1 Å². The molecular weight excluding hydrogens is 268 g/mol. The Bertz CT molecular complexity index is 617. The third kappa shape index (κ3) is 2.82. The standard InChI is InChI=1S/C13H11ClN2O3/c1-18-11-4-3-8(14)5-9(11)13(17)10-6-12(19-2)16-7-15-10/h3-7H,1-2H3. The number of aromatic nitrogens is 2. The molecule has 6 heteroatoms. The molecule has 1 aromatic carbocycles. The summed E-state index contributed by atoms with van der Waals surface area (Å²) < 4.78 is 10.1. The van der Waals surface area contributed by atoms with Crippen molar-refractivity contribution in [3.05, 3.63) is 46.9 Å². The van der Waals surface area contributed by atoms with Crippen LogP contribution in [0, 0.1) is 0 Å². The number of ether oxygens (including phenoxy) is 2. The maximum atomic E-state index is 12.4. The van der Waals surface area contributed by atoms with E-state index in [1.54, 1.807) is 12.1 Å². The van der Waals surface area contributed by atoms with Crippen molar-refractivity contribution in [2.75, 3.05) is 14.2 Å². The molecule has 0 aliphatic rings. The van der Waals surface area contributed by atoms with Gasteiger partial charge in [-0.2, -0.15) is 0 Å². The summed E-state index contributed by atoms with van der Waals surface area (Å²) in [5, 5.41) is 0.449. The second-order valence-electron chi connectivity index (χ2n) is 3.62. The van der Waals surface area contributed by atoms with Gasteiger partial charge in [-0.25, -0.2) is 9.97 Å². The molecule has 0 bridgehead atoms. The number of benzene rings is 1. The molecule has 5 nitrogen and oxygen atoms in total. The molecule has 0 aliphatic heterocycles. The molecule has 19 heavy (non-hydrogen) atoms. The van der Waals surface area contributed by atoms with Gasteiger partial charge in [0.1, 0.15) is 17.8 Å². The largest absolute Gasteiger partial charge is 0.496 e. The van der Waals surface area contributed by atoms with Crippen LogP contribution < -0.4 is 9.47 Å². The van der Waals surface area contributed by atoms with E-state index in [4.69, 9.17) is 21.1 Å². The first-order chi connectivity index (χ1) is 9.15. The van der Waals surface area contributed by atoms with Crippen LogP contribution in [0.15, 0.2) is 30.6 Å². The SMILES string of the molecule is COc1cc(C(=O)c2cc(Cl)ccc2OC)ncn1. The number of rotatable bonds is 4. The van der Waals surface area contributed by atoms with Crippen LogP contribution in [-0.2, 0) is 0 Å². The van der Waals surface area contributed by atoms with Gasteiger partial charge < -0.3 is 9.47 Å². The van der Waals surface area contributed by atoms with Gasteiger partial charge in [0.05, 0.1) is 19.8 Å². The molecule has 0 spiro atoms. The maximum Gasteiger partial charge on any atom is 0.216 e. The summed E-state index contributed by atoms with van der Waals surface area (Å²) in [6.07, 6.45) is 1.27. The summed E-state index contributed by atoms with van der Waals surface area (Å²) in [6, 6.07) is 6.28. The third-order valence-electron chi connectivity index (χ3n) is 2.49. The molecule has 1 heterocycles. The van der Waals surface area contributed by atoms with Crippen molar-refractivity contribution in [2.45, 2.75) is 0 Å². The molecule has 0 atom stereocenters. The number of halogens is 1. The Kier molecular flexibility index (Phi) is 3.97. The van der Waals surface area contributed by atoms with E-state index in [-0.39, 0.29) is 11.5 Å². The molecule has 2 aromatic rings. The van der Waals surface area contributed by atoms with Crippen LogP contribution in [0.25, 0.3) is 0 Å². The van der Waals surface area contributed by atoms with Crippen LogP contribution in [0.4, 0.5) is 0 Å². The van der Waals surface area contributed by atoms with Crippen LogP contribution in [0.2, 0.25) is 5.02 Å². The van der Waals surface area contributed by atoms with E-state index in [0.29, 0.717) is 22.2 Å². The lowest BCUT2D eigenvalue weighted by atomic mass is 10.1. The number of methoxy groups -OCH3 is 2. The Labute approximate surface area is 115 Å². The molecule has 0 saturated heterocycles. The molecular formula is C13H11ClN2O3. The summed E-state index contributed by atoms with van der Waals surface area (Å²) in [7, 11) is 2.96. The fraction of sp³-hybridized carbons (Fsp3) is 0.154. The first-order valence-corrected chi connectivity index (χ1v) is 5.77. The summed E-state index contributed by atoms with van der Waals surface area (Å²) >= 11 is 5.90. The summed E-state index contributed by atoms with van der Waals surface area (Å²) in [5.74, 6) is 0.450. The normalized spacial score (nSPS) is 10.1. The van der Waals surface area contributed by atoms with Crippen molar-refractivity contribution in [2.24, 2.45) is 0 Å². The van der Waals surface area contributed by atoms with Crippen LogP contribution in [0.3, 0.4) is 0 Å². The smallest absolute Gasteiger partial charge is 0.216 e. The van der Waals surface area contributed by atoms with Crippen molar-refractivity contribution in [1.29, 1.82) is 0 Å². The van der Waals surface area contributed by atoms with Gasteiger partial charge in [-0.1, -0.05) is 11.6 Å². The van der Waals surface area contributed by atoms with Gasteiger partial charge in [0, 0.05) is 11.1 Å². The Morgan fingerprint density at radius 1 is 1.16 bits per heavy atom. The summed E-state index contributed by atoms with van der Waals surface area (Å²) in [4.78, 5) is 20.1. The van der Waals surface area contributed by atoms with E-state index >= 15 is 0 Å². The van der Waals surface area contributed by atoms with Gasteiger partial charge in [-0.05, 0) is 18.2 Å². The Hall–Kier alpha value is -2.14. The van der Waals surface area contributed by atoms with E-state index in [0.717, 1.165) is 0 Å². The zero-order chi connectivity index (χ0) is 13.8. The van der Waals surface area contributed by atoms with Crippen LogP contribution >= 0.6 is 11.6 Å². The molecule has 98 valence electrons. The number of nitrogens with zero attached hydrogens (tertiary/aromatic N) is 2. The minimum absolute atomic E-state index is 0.215. The molecule has 0 fully saturated rings. The Morgan fingerprint density at radius 2 is 1.95 bits per heavy atom. The van der Waals surface area contributed by atoms with E-state index in [1.807, 2.05) is 0 Å². The predicted octanol–water partition coefficient (Wildman–Crippen LogP) is 2.38. The topological polar surface area (TPSA) is 61.3 Å². The van der Waals surface area contributed by atoms with Crippen molar-refractivity contribution in [1.82, 2.24) is 9.97 Å². The molecule has 0 N–H and O–H groups in total. The first kappa shape index (κ1) is 13.3. The van der Waals surface area contributed by atoms with Crippen LogP contribution in [0.5, 0.6) is 11.6 Å². The molecule has 0 unspecified atom stereocenters. The summed E-state index contributed by atoms with van der Waals surface area (Å²) in [6.45, 7) is 0. The highest BCUT2D eigenvalue weighted by Crippen LogP contribution is 2.25. The van der Waals surface area contributed by atoms with Gasteiger partial charge in [0.25, 0.3) is 0 Å². The Morgan fingerprint density at radius 3 is 2.63 bits per heavy atom. The summed E-state index contributed by atoms with van der Waals surface area (Å²) in [5.41, 5.74) is 0.558. The lowest BCUT2D eigenvalue weighted by Crippen LogP contribution is -2.07. The molecule has 0 amide bonds. The van der Waals surface area contributed by atoms with Crippen molar-refractivity contribution < 1.29 is 14.3 Å². The highest BCUT2D eigenvalue weighted by Gasteiger charge is 2.17. The van der Waals surface area contributed by atoms with Crippen molar-refractivity contribution >= 4 is 17.4 Å². The van der Waals surface area contributed by atoms with E-state index < -0.39 is 0 Å². The van der Waals surface area contributed by atoms with E-state index in [1.165, 1.54) is 32.7 Å². The first-order valence-electron chi connectivity index (χ1n) is 5.40. The molecule has 0 radical (unpaired) electrons. The molecule has 0 aliphatic carbocycles. The van der Waals surface area contributed by atoms with Crippen molar-refractivity contribution in [3.8, 4) is 11.6 Å². The fourth-order valence-corrected chi connectivity index (χ4v) is 1.74. The number of carbonyl (C=O) groups is 1. The van der Waals surface area contributed by atoms with Gasteiger partial charge in [-0.3, -0.25) is 4.79 Å². The average Bonchev–Trinajstić information content (AvgIpc) is 2.46. The quantitative estimate of drug-likeness (QED) is 0.804. The van der Waals surface area contributed by atoms with Crippen molar-refractivity contribution in [3.63, 3.8) is 0 Å². The zero-order valence-corrected chi connectivity index (χ0v) is 11.1. The second-order valence-corrected chi connectivity index (χ2v) is 4.06.